The Kier molecular flexibility index (Phi) is 4.73. The van der Waals surface area contributed by atoms with Gasteiger partial charge in [-0.15, -0.1) is 0 Å². The first kappa shape index (κ1) is 14.9. The molecular formula is C14H16ClFN2O2. The monoisotopic (exact) mass is 298 g/mol. The quantitative estimate of drug-likeness (QED) is 0.922. The first-order chi connectivity index (χ1) is 9.47. The molecule has 20 heavy (non-hydrogen) atoms. The molecule has 0 fully saturated rings. The van der Waals surface area contributed by atoms with Crippen molar-refractivity contribution in [1.82, 2.24) is 10.1 Å². The molecule has 4 nitrogen and oxygen atoms in total. The Labute approximate surface area is 121 Å². The second kappa shape index (κ2) is 6.33. The van der Waals surface area contributed by atoms with E-state index in [0.29, 0.717) is 22.3 Å². The highest BCUT2D eigenvalue weighted by Gasteiger charge is 2.16. The Balaban J connectivity index is 2.10. The van der Waals surface area contributed by atoms with Crippen LogP contribution < -0.4 is 0 Å². The minimum Gasteiger partial charge on any atom is -0.392 e. The van der Waals surface area contributed by atoms with Gasteiger partial charge in [0, 0.05) is 17.0 Å². The Hall–Kier alpha value is -1.46. The van der Waals surface area contributed by atoms with Gasteiger partial charge in [0.05, 0.1) is 12.5 Å². The van der Waals surface area contributed by atoms with E-state index in [1.807, 2.05) is 13.8 Å². The maximum absolute atomic E-state index is 13.6. The maximum atomic E-state index is 13.6. The third-order valence-corrected chi connectivity index (χ3v) is 3.41. The van der Waals surface area contributed by atoms with Crippen molar-refractivity contribution in [3.63, 3.8) is 0 Å². The zero-order valence-electron chi connectivity index (χ0n) is 11.3. The van der Waals surface area contributed by atoms with Gasteiger partial charge >= 0.3 is 0 Å². The van der Waals surface area contributed by atoms with Crippen LogP contribution in [0.5, 0.6) is 0 Å². The molecule has 1 aromatic carbocycles. The number of rotatable bonds is 5. The van der Waals surface area contributed by atoms with Crippen LogP contribution in [0.15, 0.2) is 22.7 Å². The Bertz CT molecular complexity index is 566. The van der Waals surface area contributed by atoms with Crippen molar-refractivity contribution < 1.29 is 14.0 Å². The lowest BCUT2D eigenvalue weighted by Gasteiger charge is -2.10. The molecule has 1 aromatic heterocycles. The van der Waals surface area contributed by atoms with E-state index in [2.05, 4.69) is 10.1 Å². The zero-order chi connectivity index (χ0) is 14.7. The summed E-state index contributed by atoms with van der Waals surface area (Å²) < 4.78 is 18.7. The fourth-order valence-electron chi connectivity index (χ4n) is 1.72. The molecule has 108 valence electrons. The van der Waals surface area contributed by atoms with Gasteiger partial charge in [0.15, 0.2) is 5.82 Å². The van der Waals surface area contributed by atoms with E-state index in [-0.39, 0.29) is 18.8 Å². The molecule has 0 amide bonds. The minimum absolute atomic E-state index is 0.103. The van der Waals surface area contributed by atoms with Gasteiger partial charge in [0.25, 0.3) is 0 Å². The summed E-state index contributed by atoms with van der Waals surface area (Å²) in [5, 5.41) is 13.9. The summed E-state index contributed by atoms with van der Waals surface area (Å²) in [6.07, 6.45) is -0.0945. The number of halogens is 2. The van der Waals surface area contributed by atoms with E-state index in [4.69, 9.17) is 16.1 Å². The van der Waals surface area contributed by atoms with E-state index < -0.39 is 11.9 Å². The molecule has 6 heteroatoms. The number of benzene rings is 1. The second-order valence-electron chi connectivity index (χ2n) is 5.00. The molecule has 0 spiro atoms. The van der Waals surface area contributed by atoms with E-state index in [1.165, 1.54) is 6.07 Å². The molecule has 1 atom stereocenters. The van der Waals surface area contributed by atoms with Crippen LogP contribution in [0.2, 0.25) is 5.02 Å². The molecule has 0 saturated heterocycles. The maximum Gasteiger partial charge on any atom is 0.229 e. The second-order valence-corrected chi connectivity index (χ2v) is 5.40. The van der Waals surface area contributed by atoms with Crippen LogP contribution in [0.1, 0.15) is 31.1 Å². The largest absolute Gasteiger partial charge is 0.392 e. The summed E-state index contributed by atoms with van der Waals surface area (Å²) >= 11 is 5.95. The first-order valence-electron chi connectivity index (χ1n) is 6.39. The molecule has 0 aliphatic heterocycles. The van der Waals surface area contributed by atoms with Crippen LogP contribution in [-0.4, -0.2) is 21.4 Å². The topological polar surface area (TPSA) is 59.2 Å². The fourth-order valence-corrected chi connectivity index (χ4v) is 1.95. The van der Waals surface area contributed by atoms with Crippen molar-refractivity contribution >= 4 is 11.6 Å². The number of hydrogen-bond acceptors (Lipinski definition) is 4. The molecule has 2 rings (SSSR count). The average molecular weight is 299 g/mol. The van der Waals surface area contributed by atoms with E-state index in [0.717, 1.165) is 0 Å². The van der Waals surface area contributed by atoms with Crippen LogP contribution in [-0.2, 0) is 12.8 Å². The standard InChI is InChI=1S/C14H16ClFN2O2/c1-8(2)12(19)7-14-17-13(18-20-14)6-9-10(15)4-3-5-11(9)16/h3-5,8,12,19H,6-7H2,1-2H3. The minimum atomic E-state index is -0.541. The Morgan fingerprint density at radius 3 is 2.80 bits per heavy atom. The van der Waals surface area contributed by atoms with E-state index in [1.54, 1.807) is 12.1 Å². The van der Waals surface area contributed by atoms with Crippen LogP contribution in [0, 0.1) is 11.7 Å². The normalized spacial score (nSPS) is 12.9. The lowest BCUT2D eigenvalue weighted by atomic mass is 10.0. The van der Waals surface area contributed by atoms with Gasteiger partial charge < -0.3 is 9.63 Å². The summed E-state index contributed by atoms with van der Waals surface area (Å²) in [7, 11) is 0. The molecule has 1 heterocycles. The lowest BCUT2D eigenvalue weighted by Crippen LogP contribution is -2.17. The molecule has 0 radical (unpaired) electrons. The van der Waals surface area contributed by atoms with Gasteiger partial charge in [-0.3, -0.25) is 0 Å². The van der Waals surface area contributed by atoms with Crippen molar-refractivity contribution in [2.45, 2.75) is 32.8 Å². The van der Waals surface area contributed by atoms with Crippen molar-refractivity contribution in [3.05, 3.63) is 46.3 Å². The van der Waals surface area contributed by atoms with Crippen molar-refractivity contribution in [3.8, 4) is 0 Å². The zero-order valence-corrected chi connectivity index (χ0v) is 12.1. The molecule has 0 bridgehead atoms. The third-order valence-electron chi connectivity index (χ3n) is 3.06. The Morgan fingerprint density at radius 1 is 1.40 bits per heavy atom. The highest BCUT2D eigenvalue weighted by Crippen LogP contribution is 2.21. The summed E-state index contributed by atoms with van der Waals surface area (Å²) in [6.45, 7) is 3.81. The van der Waals surface area contributed by atoms with E-state index in [9.17, 15) is 9.50 Å². The van der Waals surface area contributed by atoms with Crippen LogP contribution in [0.25, 0.3) is 0 Å². The van der Waals surface area contributed by atoms with Gasteiger partial charge in [-0.05, 0) is 18.1 Å². The molecule has 0 saturated carbocycles. The van der Waals surface area contributed by atoms with Gasteiger partial charge in [-0.25, -0.2) is 4.39 Å². The lowest BCUT2D eigenvalue weighted by molar-refractivity contribution is 0.116. The van der Waals surface area contributed by atoms with Crippen molar-refractivity contribution in [2.75, 3.05) is 0 Å². The molecular weight excluding hydrogens is 283 g/mol. The summed E-state index contributed by atoms with van der Waals surface area (Å²) in [6, 6.07) is 4.50. The highest BCUT2D eigenvalue weighted by atomic mass is 35.5. The van der Waals surface area contributed by atoms with Gasteiger partial charge in [0.1, 0.15) is 5.82 Å². The molecule has 1 N–H and O–H groups in total. The predicted octanol–water partition coefficient (Wildman–Crippen LogP) is 3.01. The SMILES string of the molecule is CC(C)C(O)Cc1nc(Cc2c(F)cccc2Cl)no1. The smallest absolute Gasteiger partial charge is 0.229 e. The number of aromatic nitrogens is 2. The molecule has 0 aliphatic carbocycles. The number of nitrogens with zero attached hydrogens (tertiary/aromatic N) is 2. The summed E-state index contributed by atoms with van der Waals surface area (Å²) in [5.41, 5.74) is 0.339. The van der Waals surface area contributed by atoms with Gasteiger partial charge in [0.2, 0.25) is 5.89 Å². The Morgan fingerprint density at radius 2 is 2.15 bits per heavy atom. The molecule has 2 aromatic rings. The summed E-state index contributed by atoms with van der Waals surface area (Å²) in [4.78, 5) is 4.15. The van der Waals surface area contributed by atoms with Crippen LogP contribution >= 0.6 is 11.6 Å². The first-order valence-corrected chi connectivity index (χ1v) is 6.77. The van der Waals surface area contributed by atoms with Crippen LogP contribution in [0.3, 0.4) is 0 Å². The molecule has 1 unspecified atom stereocenters. The third kappa shape index (κ3) is 3.55. The van der Waals surface area contributed by atoms with E-state index >= 15 is 0 Å². The predicted molar refractivity (Wildman–Crippen MR) is 73.1 cm³/mol. The number of aliphatic hydroxyl groups is 1. The fraction of sp³-hybridized carbons (Fsp3) is 0.429. The average Bonchev–Trinajstić information content (AvgIpc) is 2.81. The summed E-state index contributed by atoms with van der Waals surface area (Å²) in [5.74, 6) is 0.397. The van der Waals surface area contributed by atoms with Gasteiger partial charge in [-0.2, -0.15) is 4.98 Å². The van der Waals surface area contributed by atoms with Crippen molar-refractivity contribution in [1.29, 1.82) is 0 Å². The van der Waals surface area contributed by atoms with Gasteiger partial charge in [-0.1, -0.05) is 36.7 Å². The highest BCUT2D eigenvalue weighted by molar-refractivity contribution is 6.31. The number of aliphatic hydroxyl groups excluding tert-OH is 1. The van der Waals surface area contributed by atoms with Crippen LogP contribution in [0.4, 0.5) is 4.39 Å². The number of hydrogen-bond donors (Lipinski definition) is 1. The van der Waals surface area contributed by atoms with Crippen molar-refractivity contribution in [2.24, 2.45) is 5.92 Å². The molecule has 0 aliphatic rings.